The van der Waals surface area contributed by atoms with E-state index in [0.29, 0.717) is 25.0 Å². The van der Waals surface area contributed by atoms with E-state index in [1.807, 2.05) is 13.1 Å². The van der Waals surface area contributed by atoms with Crippen molar-refractivity contribution in [3.8, 4) is 5.75 Å². The molecule has 23 heavy (non-hydrogen) atoms. The van der Waals surface area contributed by atoms with E-state index >= 15 is 0 Å². The first kappa shape index (κ1) is 17.7. The Balaban J connectivity index is 1.82. The SMILES string of the molecule is COc1ccc(C[NH+](C)CC(=O)N[C@@H]2CCCC[C@@H]2C)cc1F. The highest BCUT2D eigenvalue weighted by molar-refractivity contribution is 5.77. The predicted molar refractivity (Wildman–Crippen MR) is 88.0 cm³/mol. The largest absolute Gasteiger partial charge is 0.494 e. The molecule has 3 atom stereocenters. The lowest BCUT2D eigenvalue weighted by molar-refractivity contribution is -0.885. The molecule has 2 N–H and O–H groups in total. The molecule has 5 heteroatoms. The molecule has 1 aromatic rings. The number of halogens is 1. The van der Waals surface area contributed by atoms with Gasteiger partial charge in [-0.3, -0.25) is 4.79 Å². The van der Waals surface area contributed by atoms with Gasteiger partial charge in [-0.1, -0.05) is 19.8 Å². The number of rotatable bonds is 6. The second-order valence-corrected chi connectivity index (χ2v) is 6.72. The number of hydrogen-bond donors (Lipinski definition) is 2. The van der Waals surface area contributed by atoms with E-state index in [1.54, 1.807) is 6.07 Å². The molecule has 2 rings (SSSR count). The lowest BCUT2D eigenvalue weighted by atomic mass is 9.86. The average molecular weight is 323 g/mol. The average Bonchev–Trinajstić information content (AvgIpc) is 2.49. The number of quaternary nitrogens is 1. The van der Waals surface area contributed by atoms with Gasteiger partial charge >= 0.3 is 0 Å². The minimum absolute atomic E-state index is 0.0789. The van der Waals surface area contributed by atoms with Gasteiger partial charge in [-0.2, -0.15) is 0 Å². The summed E-state index contributed by atoms with van der Waals surface area (Å²) in [5.74, 6) is 0.521. The Morgan fingerprint density at radius 1 is 1.39 bits per heavy atom. The van der Waals surface area contributed by atoms with Crippen LogP contribution in [0.3, 0.4) is 0 Å². The van der Waals surface area contributed by atoms with Crippen molar-refractivity contribution in [2.24, 2.45) is 5.92 Å². The highest BCUT2D eigenvalue weighted by Gasteiger charge is 2.23. The van der Waals surface area contributed by atoms with E-state index < -0.39 is 0 Å². The van der Waals surface area contributed by atoms with Crippen LogP contribution in [-0.4, -0.2) is 32.7 Å². The molecule has 0 bridgehead atoms. The number of methoxy groups -OCH3 is 1. The molecule has 0 heterocycles. The Morgan fingerprint density at radius 2 is 2.13 bits per heavy atom. The van der Waals surface area contributed by atoms with Crippen LogP contribution in [0.4, 0.5) is 4.39 Å². The normalized spacial score (nSPS) is 22.4. The molecule has 1 aromatic carbocycles. The monoisotopic (exact) mass is 323 g/mol. The highest BCUT2D eigenvalue weighted by Crippen LogP contribution is 2.23. The topological polar surface area (TPSA) is 42.8 Å². The molecule has 128 valence electrons. The predicted octanol–water partition coefficient (Wildman–Crippen LogP) is 1.54. The molecule has 4 nitrogen and oxygen atoms in total. The summed E-state index contributed by atoms with van der Waals surface area (Å²) in [5, 5.41) is 3.16. The van der Waals surface area contributed by atoms with E-state index in [9.17, 15) is 9.18 Å². The van der Waals surface area contributed by atoms with Gasteiger partial charge in [0.25, 0.3) is 5.91 Å². The van der Waals surface area contributed by atoms with E-state index in [2.05, 4.69) is 12.2 Å². The van der Waals surface area contributed by atoms with Crippen LogP contribution in [0, 0.1) is 11.7 Å². The van der Waals surface area contributed by atoms with Crippen molar-refractivity contribution >= 4 is 5.91 Å². The Labute approximate surface area is 138 Å². The van der Waals surface area contributed by atoms with Crippen LogP contribution in [0.25, 0.3) is 0 Å². The van der Waals surface area contributed by atoms with E-state index in [4.69, 9.17) is 4.74 Å². The number of likely N-dealkylation sites (N-methyl/N-ethyl adjacent to an activating group) is 1. The van der Waals surface area contributed by atoms with Crippen LogP contribution in [0.5, 0.6) is 5.75 Å². The molecule has 1 aliphatic carbocycles. The number of ether oxygens (including phenoxy) is 1. The lowest BCUT2D eigenvalue weighted by Gasteiger charge is -2.29. The summed E-state index contributed by atoms with van der Waals surface area (Å²) in [5.41, 5.74) is 0.861. The van der Waals surface area contributed by atoms with Crippen LogP contribution in [0.2, 0.25) is 0 Å². The molecule has 1 saturated carbocycles. The van der Waals surface area contributed by atoms with Gasteiger partial charge in [0.15, 0.2) is 18.1 Å². The van der Waals surface area contributed by atoms with Crippen LogP contribution in [-0.2, 0) is 11.3 Å². The molecular weight excluding hydrogens is 295 g/mol. The third kappa shape index (κ3) is 5.20. The fraction of sp³-hybridized carbons (Fsp3) is 0.611. The van der Waals surface area contributed by atoms with Crippen molar-refractivity contribution in [1.29, 1.82) is 0 Å². The van der Waals surface area contributed by atoms with Gasteiger partial charge in [0.05, 0.1) is 14.2 Å². The lowest BCUT2D eigenvalue weighted by Crippen LogP contribution is -3.09. The molecular formula is C18H28FN2O2+. The van der Waals surface area contributed by atoms with Gasteiger partial charge in [0.1, 0.15) is 6.54 Å². The van der Waals surface area contributed by atoms with Crippen molar-refractivity contribution in [3.05, 3.63) is 29.6 Å². The van der Waals surface area contributed by atoms with Gasteiger partial charge < -0.3 is 15.0 Å². The zero-order valence-electron chi connectivity index (χ0n) is 14.3. The number of hydrogen-bond acceptors (Lipinski definition) is 2. The third-order valence-electron chi connectivity index (χ3n) is 4.64. The smallest absolute Gasteiger partial charge is 0.275 e. The van der Waals surface area contributed by atoms with E-state index in [-0.39, 0.29) is 17.5 Å². The maximum atomic E-state index is 13.7. The number of benzene rings is 1. The Bertz CT molecular complexity index is 536. The van der Waals surface area contributed by atoms with Crippen LogP contribution >= 0.6 is 0 Å². The van der Waals surface area contributed by atoms with Gasteiger partial charge in [-0.05, 0) is 37.0 Å². The van der Waals surface area contributed by atoms with Crippen molar-refractivity contribution < 1.29 is 18.8 Å². The fourth-order valence-corrected chi connectivity index (χ4v) is 3.29. The first-order valence-corrected chi connectivity index (χ1v) is 8.42. The first-order valence-electron chi connectivity index (χ1n) is 8.42. The molecule has 0 aromatic heterocycles. The van der Waals surface area contributed by atoms with Gasteiger partial charge in [-0.15, -0.1) is 0 Å². The van der Waals surface area contributed by atoms with Crippen molar-refractivity contribution in [1.82, 2.24) is 5.32 Å². The summed E-state index contributed by atoms with van der Waals surface area (Å²) in [6.07, 6.45) is 4.74. The standard InChI is InChI=1S/C18H27FN2O2/c1-13-6-4-5-7-16(13)20-18(22)12-21(2)11-14-8-9-17(23-3)15(19)10-14/h8-10,13,16H,4-7,11-12H2,1-3H3,(H,20,22)/p+1/t13-,16+/m0/s1. The maximum Gasteiger partial charge on any atom is 0.275 e. The molecule has 1 aliphatic rings. The number of carbonyl (C=O) groups is 1. The molecule has 0 spiro atoms. The molecule has 1 amide bonds. The van der Waals surface area contributed by atoms with Crippen LogP contribution in [0.15, 0.2) is 18.2 Å². The highest BCUT2D eigenvalue weighted by atomic mass is 19.1. The molecule has 0 saturated heterocycles. The Kier molecular flexibility index (Phi) is 6.39. The zero-order valence-corrected chi connectivity index (χ0v) is 14.3. The van der Waals surface area contributed by atoms with Gasteiger partial charge in [0, 0.05) is 11.6 Å². The van der Waals surface area contributed by atoms with E-state index in [0.717, 1.165) is 16.9 Å². The van der Waals surface area contributed by atoms with Crippen molar-refractivity contribution in [2.75, 3.05) is 20.7 Å². The van der Waals surface area contributed by atoms with Crippen LogP contribution < -0.4 is 15.0 Å². The molecule has 0 radical (unpaired) electrons. The second kappa shape index (κ2) is 8.29. The Morgan fingerprint density at radius 3 is 2.78 bits per heavy atom. The number of carbonyl (C=O) groups excluding carboxylic acids is 1. The first-order chi connectivity index (χ1) is 11.0. The summed E-state index contributed by atoms with van der Waals surface area (Å²) < 4.78 is 18.6. The van der Waals surface area contributed by atoms with E-state index in [1.165, 1.54) is 32.4 Å². The zero-order chi connectivity index (χ0) is 16.8. The van der Waals surface area contributed by atoms with Crippen molar-refractivity contribution in [2.45, 2.75) is 45.2 Å². The Hall–Kier alpha value is -1.62. The maximum absolute atomic E-state index is 13.7. The minimum Gasteiger partial charge on any atom is -0.494 e. The van der Waals surface area contributed by atoms with Crippen LogP contribution in [0.1, 0.15) is 38.2 Å². The summed E-state index contributed by atoms with van der Waals surface area (Å²) in [6, 6.07) is 5.25. The molecule has 1 unspecified atom stereocenters. The summed E-state index contributed by atoms with van der Waals surface area (Å²) in [4.78, 5) is 13.2. The third-order valence-corrected chi connectivity index (χ3v) is 4.64. The quantitative estimate of drug-likeness (QED) is 0.834. The summed E-state index contributed by atoms with van der Waals surface area (Å²) in [6.45, 7) is 3.21. The van der Waals surface area contributed by atoms with Gasteiger partial charge in [-0.25, -0.2) is 4.39 Å². The summed E-state index contributed by atoms with van der Waals surface area (Å²) in [7, 11) is 3.40. The van der Waals surface area contributed by atoms with Gasteiger partial charge in [0.2, 0.25) is 0 Å². The number of amides is 1. The summed E-state index contributed by atoms with van der Waals surface area (Å²) >= 11 is 0. The van der Waals surface area contributed by atoms with Crippen molar-refractivity contribution in [3.63, 3.8) is 0 Å². The fourth-order valence-electron chi connectivity index (χ4n) is 3.29. The number of nitrogens with one attached hydrogen (secondary N) is 2. The molecule has 0 aliphatic heterocycles. The minimum atomic E-state index is -0.363. The molecule has 1 fully saturated rings. The second-order valence-electron chi connectivity index (χ2n) is 6.72.